The Morgan fingerprint density at radius 3 is 1.50 bits per heavy atom. The smallest absolute Gasteiger partial charge is 0.305 e. The highest BCUT2D eigenvalue weighted by Crippen LogP contribution is 2.35. The molecule has 2 aliphatic heterocycles. The molecule has 2 rings (SSSR count). The van der Waals surface area contributed by atoms with Gasteiger partial charge in [0.2, 0.25) is 12.4 Å². The molecular formula is C26H36O18. The zero-order chi connectivity index (χ0) is 36.1. The van der Waals surface area contributed by atoms with Gasteiger partial charge in [-0.2, -0.15) is 0 Å². The first-order valence-corrected chi connectivity index (χ1v) is 12.7. The molecule has 10 atom stereocenters. The maximum Gasteiger partial charge on any atom is 0.305 e. The van der Waals surface area contributed by atoms with Gasteiger partial charge in [0.1, 0.15) is 24.9 Å². The maximum atomic E-state index is 12.4. The average molecular weight is 641 g/mol. The average Bonchev–Trinajstić information content (AvgIpc) is 3.03. The molecule has 0 amide bonds. The lowest BCUT2D eigenvalue weighted by Gasteiger charge is -2.48. The van der Waals surface area contributed by atoms with Crippen molar-refractivity contribution in [2.45, 2.75) is 110 Å². The summed E-state index contributed by atoms with van der Waals surface area (Å²) in [5.41, 5.74) is 0. The molecule has 248 valence electrons. The molecule has 0 radical (unpaired) electrons. The van der Waals surface area contributed by atoms with Crippen molar-refractivity contribution in [3.05, 3.63) is 0 Å². The van der Waals surface area contributed by atoms with Gasteiger partial charge in [0.15, 0.2) is 30.7 Å². The Morgan fingerprint density at radius 1 is 0.545 bits per heavy atom. The second kappa shape index (κ2) is 16.3. The number of hydrogen-bond acceptors (Lipinski definition) is 18. The Hall–Kier alpha value is -3.87. The van der Waals surface area contributed by atoms with Crippen LogP contribution >= 0.6 is 0 Å². The summed E-state index contributed by atoms with van der Waals surface area (Å²) in [5, 5.41) is 10.2. The second-order valence-electron chi connectivity index (χ2n) is 9.17. The van der Waals surface area contributed by atoms with E-state index < -0.39 is 144 Å². The van der Waals surface area contributed by atoms with Gasteiger partial charge in [-0.3, -0.25) is 33.6 Å². The largest absolute Gasteiger partial charge is 0.463 e. The molecule has 0 aromatic rings. The van der Waals surface area contributed by atoms with E-state index in [1.807, 2.05) is 0 Å². The maximum absolute atomic E-state index is 12.4. The van der Waals surface area contributed by atoms with Crippen molar-refractivity contribution in [1.29, 1.82) is 0 Å². The highest BCUT2D eigenvalue weighted by Gasteiger charge is 2.57. The van der Waals surface area contributed by atoms with Gasteiger partial charge in [-0.05, 0) is 0 Å². The first-order valence-electron chi connectivity index (χ1n) is 15.5. The Balaban J connectivity index is 2.72. The van der Waals surface area contributed by atoms with Crippen molar-refractivity contribution in [2.75, 3.05) is 13.2 Å². The molecule has 44 heavy (non-hydrogen) atoms. The van der Waals surface area contributed by atoms with E-state index in [-0.39, 0.29) is 0 Å². The van der Waals surface area contributed by atoms with Gasteiger partial charge in [-0.15, -0.1) is 0 Å². The summed E-state index contributed by atoms with van der Waals surface area (Å²) < 4.78 is 83.2. The SMILES string of the molecule is [2H]CC(=O)OC[C@H]1OC(O[C@H]2[C@H](OC(C)=O)[C@@H](OC(C)=O)[C@@H](OC(C)=O)O[C@@H]2CO)[C@H](OC(=O)C[2H])[C@@H](OC(=O)C[2H])[C@@H]1OC(=O)C[2H]. The van der Waals surface area contributed by atoms with Crippen molar-refractivity contribution in [2.24, 2.45) is 0 Å². The first-order chi connectivity index (χ1) is 22.7. The minimum Gasteiger partial charge on any atom is -0.463 e. The topological polar surface area (TPSA) is 232 Å². The van der Waals surface area contributed by atoms with Crippen LogP contribution in [0.15, 0.2) is 0 Å². The van der Waals surface area contributed by atoms with Crippen LogP contribution in [0.25, 0.3) is 0 Å². The third-order valence-corrected chi connectivity index (χ3v) is 5.75. The number of esters is 7. The van der Waals surface area contributed by atoms with Gasteiger partial charge in [0, 0.05) is 53.9 Å². The molecular weight excluding hydrogens is 600 g/mol. The fraction of sp³-hybridized carbons (Fsp3) is 0.731. The molecule has 0 aliphatic carbocycles. The predicted octanol–water partition coefficient (Wildman–Crippen LogP) is -1.40. The van der Waals surface area contributed by atoms with E-state index in [0.717, 1.165) is 20.8 Å². The molecule has 0 bridgehead atoms. The molecule has 0 aromatic carbocycles. The fourth-order valence-electron chi connectivity index (χ4n) is 4.40. The molecule has 0 spiro atoms. The summed E-state index contributed by atoms with van der Waals surface area (Å²) in [6.45, 7) is -2.67. The molecule has 2 heterocycles. The van der Waals surface area contributed by atoms with E-state index in [1.54, 1.807) is 0 Å². The third-order valence-electron chi connectivity index (χ3n) is 5.75. The lowest BCUT2D eigenvalue weighted by molar-refractivity contribution is -0.357. The molecule has 2 saturated heterocycles. The van der Waals surface area contributed by atoms with Crippen LogP contribution in [0.1, 0.15) is 53.9 Å². The molecule has 0 aromatic heterocycles. The Morgan fingerprint density at radius 2 is 0.977 bits per heavy atom. The van der Waals surface area contributed by atoms with Crippen LogP contribution in [0.4, 0.5) is 0 Å². The molecule has 18 nitrogen and oxygen atoms in total. The van der Waals surface area contributed by atoms with Crippen molar-refractivity contribution in [1.82, 2.24) is 0 Å². The van der Waals surface area contributed by atoms with E-state index in [4.69, 9.17) is 52.9 Å². The number of carbonyl (C=O) groups is 7. The lowest BCUT2D eigenvalue weighted by Crippen LogP contribution is -2.67. The molecule has 1 unspecified atom stereocenters. The predicted molar refractivity (Wildman–Crippen MR) is 135 cm³/mol. The summed E-state index contributed by atoms with van der Waals surface area (Å²) >= 11 is 0. The first kappa shape index (κ1) is 30.2. The Bertz CT molecular complexity index is 1170. The molecule has 1 N–H and O–H groups in total. The van der Waals surface area contributed by atoms with Crippen LogP contribution < -0.4 is 0 Å². The van der Waals surface area contributed by atoms with Crippen molar-refractivity contribution in [3.63, 3.8) is 0 Å². The van der Waals surface area contributed by atoms with Crippen molar-refractivity contribution < 1.29 is 91.5 Å². The Kier molecular flexibility index (Phi) is 11.2. The van der Waals surface area contributed by atoms with Crippen LogP contribution in [-0.4, -0.2) is 122 Å². The lowest BCUT2D eigenvalue weighted by atomic mass is 9.96. The number of carbonyl (C=O) groups excluding carboxylic acids is 7. The monoisotopic (exact) mass is 640 g/mol. The number of ether oxygens (including phenoxy) is 10. The summed E-state index contributed by atoms with van der Waals surface area (Å²) in [5.74, 6) is -7.70. The van der Waals surface area contributed by atoms with Crippen LogP contribution in [0.5, 0.6) is 0 Å². The minimum atomic E-state index is -2.03. The number of rotatable bonds is 11. The van der Waals surface area contributed by atoms with E-state index in [2.05, 4.69) is 0 Å². The molecule has 2 fully saturated rings. The van der Waals surface area contributed by atoms with Gasteiger partial charge in [-0.1, -0.05) is 0 Å². The van der Waals surface area contributed by atoms with E-state index in [0.29, 0.717) is 0 Å². The van der Waals surface area contributed by atoms with Crippen molar-refractivity contribution >= 4 is 41.8 Å². The van der Waals surface area contributed by atoms with Gasteiger partial charge in [-0.25, -0.2) is 0 Å². The third kappa shape index (κ3) is 10.4. The van der Waals surface area contributed by atoms with Gasteiger partial charge >= 0.3 is 41.8 Å². The zero-order valence-electron chi connectivity index (χ0n) is 27.9. The van der Waals surface area contributed by atoms with Crippen molar-refractivity contribution in [3.8, 4) is 0 Å². The summed E-state index contributed by atoms with van der Waals surface area (Å²) in [6.07, 6.45) is -18.0. The van der Waals surface area contributed by atoms with Crippen LogP contribution in [0, 0.1) is 0 Å². The summed E-state index contributed by atoms with van der Waals surface area (Å²) in [7, 11) is 0. The van der Waals surface area contributed by atoms with E-state index in [9.17, 15) is 38.7 Å². The molecule has 2 aliphatic rings. The minimum absolute atomic E-state index is 0.815. The number of hydrogen-bond donors (Lipinski definition) is 1. The normalized spacial score (nSPS) is 32.6. The van der Waals surface area contributed by atoms with Gasteiger partial charge in [0.25, 0.3) is 0 Å². The van der Waals surface area contributed by atoms with Crippen LogP contribution in [0.2, 0.25) is 0 Å². The summed E-state index contributed by atoms with van der Waals surface area (Å²) in [6, 6.07) is 0. The van der Waals surface area contributed by atoms with E-state index >= 15 is 0 Å². The highest BCUT2D eigenvalue weighted by atomic mass is 16.8. The quantitative estimate of drug-likeness (QED) is 0.202. The van der Waals surface area contributed by atoms with Gasteiger partial charge < -0.3 is 52.5 Å². The number of aliphatic hydroxyl groups excluding tert-OH is 1. The zero-order valence-corrected chi connectivity index (χ0v) is 23.9. The summed E-state index contributed by atoms with van der Waals surface area (Å²) in [4.78, 5) is 84.9. The Labute approximate surface area is 257 Å². The number of aliphatic hydroxyl groups is 1. The molecule has 18 heteroatoms. The highest BCUT2D eigenvalue weighted by molar-refractivity contribution is 5.69. The second-order valence-corrected chi connectivity index (χ2v) is 9.17. The van der Waals surface area contributed by atoms with Crippen LogP contribution in [-0.2, 0) is 80.9 Å². The standard InChI is InChI=1S/C26H36O18/c1-10(28)35-9-18-20(36-11(2)29)22(38-13(4)31)24(40-15(6)33)26(43-18)44-19-17(8-27)42-25(41-16(7)34)23(39-14(5)32)21(19)37-12(3)30/h17-27H,8-9H2,1-7H3/t17-,18-,19-,20-,21+,22+,23-,24-,25+,26?/m1/s1/i1D,2D,4D,6D. The molecule has 0 saturated carbocycles. The van der Waals surface area contributed by atoms with Gasteiger partial charge in [0.05, 0.1) is 6.61 Å². The van der Waals surface area contributed by atoms with Crippen LogP contribution in [0.3, 0.4) is 0 Å². The van der Waals surface area contributed by atoms with E-state index in [1.165, 1.54) is 0 Å². The fourth-order valence-corrected chi connectivity index (χ4v) is 4.40.